The Morgan fingerprint density at radius 3 is 2.84 bits per heavy atom. The number of rotatable bonds is 4. The number of halogens is 1. The maximum absolute atomic E-state index is 13.2. The minimum Gasteiger partial charge on any atom is -0.494 e. The lowest BCUT2D eigenvalue weighted by molar-refractivity contribution is 0.0234. The Hall–Kier alpha value is -2.67. The minimum atomic E-state index is -0.505. The predicted octanol–water partition coefficient (Wildman–Crippen LogP) is 3.49. The number of fused-ring (bicyclic) bond motifs is 1. The molecule has 0 aliphatic carbocycles. The molecule has 2 aromatic carbocycles. The Morgan fingerprint density at radius 2 is 2.08 bits per heavy atom. The van der Waals surface area contributed by atoms with Crippen LogP contribution in [0.15, 0.2) is 42.5 Å². The molecular weight excluding hydrogens is 343 g/mol. The number of hydrogen-bond acceptors (Lipinski definition) is 6. The van der Waals surface area contributed by atoms with Gasteiger partial charge in [0, 0.05) is 0 Å². The molecule has 7 heteroatoms. The van der Waals surface area contributed by atoms with Gasteiger partial charge in [-0.2, -0.15) is 0 Å². The summed E-state index contributed by atoms with van der Waals surface area (Å²) in [5, 5.41) is 0.873. The average molecular weight is 358 g/mol. The first-order valence-electron chi connectivity index (χ1n) is 7.79. The van der Waals surface area contributed by atoms with E-state index in [4.69, 9.17) is 9.47 Å². The van der Waals surface area contributed by atoms with E-state index in [1.54, 1.807) is 24.5 Å². The molecule has 5 nitrogen and oxygen atoms in total. The van der Waals surface area contributed by atoms with Gasteiger partial charge in [-0.1, -0.05) is 23.5 Å². The van der Waals surface area contributed by atoms with Gasteiger partial charge in [-0.3, -0.25) is 0 Å². The zero-order valence-corrected chi connectivity index (χ0v) is 14.3. The normalized spacial score (nSPS) is 14.4. The van der Waals surface area contributed by atoms with Crippen molar-refractivity contribution < 1.29 is 18.7 Å². The maximum atomic E-state index is 13.2. The van der Waals surface area contributed by atoms with Gasteiger partial charge in [0.15, 0.2) is 5.13 Å². The number of nitrogens with zero attached hydrogens (tertiary/aromatic N) is 2. The smallest absolute Gasteiger partial charge is 0.338 e. The Labute approximate surface area is 147 Å². The largest absolute Gasteiger partial charge is 0.494 e. The van der Waals surface area contributed by atoms with E-state index in [0.29, 0.717) is 13.1 Å². The third kappa shape index (κ3) is 3.02. The van der Waals surface area contributed by atoms with E-state index in [1.165, 1.54) is 18.2 Å². The van der Waals surface area contributed by atoms with Crippen LogP contribution in [-0.4, -0.2) is 37.3 Å². The fraction of sp³-hybridized carbons (Fsp3) is 0.222. The first kappa shape index (κ1) is 15.8. The van der Waals surface area contributed by atoms with Crippen molar-refractivity contribution in [2.45, 2.75) is 6.10 Å². The monoisotopic (exact) mass is 358 g/mol. The molecule has 0 atom stereocenters. The molecule has 128 valence electrons. The van der Waals surface area contributed by atoms with E-state index in [0.717, 1.165) is 21.1 Å². The number of hydrogen-bond donors (Lipinski definition) is 0. The van der Waals surface area contributed by atoms with Crippen molar-refractivity contribution in [2.75, 3.05) is 25.1 Å². The van der Waals surface area contributed by atoms with Crippen LogP contribution < -0.4 is 9.64 Å². The number of aromatic nitrogens is 1. The number of ether oxygens (including phenoxy) is 2. The lowest BCUT2D eigenvalue weighted by atomic mass is 10.2. The van der Waals surface area contributed by atoms with E-state index in [9.17, 15) is 9.18 Å². The Morgan fingerprint density at radius 1 is 1.28 bits per heavy atom. The number of anilines is 1. The topological polar surface area (TPSA) is 51.7 Å². The number of carbonyl (C=O) groups is 1. The zero-order valence-electron chi connectivity index (χ0n) is 13.4. The highest BCUT2D eigenvalue weighted by Crippen LogP contribution is 2.36. The molecular formula is C18H15FN2O3S. The first-order valence-corrected chi connectivity index (χ1v) is 8.61. The average Bonchev–Trinajstić information content (AvgIpc) is 3.00. The second kappa shape index (κ2) is 6.33. The van der Waals surface area contributed by atoms with Crippen LogP contribution in [0.25, 0.3) is 10.2 Å². The van der Waals surface area contributed by atoms with Gasteiger partial charge < -0.3 is 14.4 Å². The highest BCUT2D eigenvalue weighted by atomic mass is 32.1. The molecule has 0 amide bonds. The van der Waals surface area contributed by atoms with Gasteiger partial charge in [0.25, 0.3) is 0 Å². The summed E-state index contributed by atoms with van der Waals surface area (Å²) < 4.78 is 25.0. The lowest BCUT2D eigenvalue weighted by Crippen LogP contribution is -2.53. The van der Waals surface area contributed by atoms with Crippen molar-refractivity contribution in [2.24, 2.45) is 0 Å². The SMILES string of the molecule is COc1cccc2sc(N3CC(OC(=O)c4cccc(F)c4)C3)nc12. The Kier molecular flexibility index (Phi) is 4.01. The summed E-state index contributed by atoms with van der Waals surface area (Å²) in [5.74, 6) is -0.210. The van der Waals surface area contributed by atoms with Crippen molar-refractivity contribution in [3.05, 3.63) is 53.8 Å². The number of benzene rings is 2. The predicted molar refractivity (Wildman–Crippen MR) is 94.0 cm³/mol. The lowest BCUT2D eigenvalue weighted by Gasteiger charge is -2.38. The van der Waals surface area contributed by atoms with E-state index in [-0.39, 0.29) is 11.7 Å². The van der Waals surface area contributed by atoms with E-state index in [1.807, 2.05) is 23.1 Å². The van der Waals surface area contributed by atoms with Crippen LogP contribution >= 0.6 is 11.3 Å². The number of methoxy groups -OCH3 is 1. The van der Waals surface area contributed by atoms with Gasteiger partial charge in [-0.25, -0.2) is 14.2 Å². The number of carbonyl (C=O) groups excluding carboxylic acids is 1. The standard InChI is InChI=1S/C18H15FN2O3S/c1-23-14-6-3-7-15-16(14)20-18(25-15)21-9-13(10-21)24-17(22)11-4-2-5-12(19)8-11/h2-8,13H,9-10H2,1H3. The number of esters is 1. The molecule has 2 heterocycles. The fourth-order valence-corrected chi connectivity index (χ4v) is 3.72. The zero-order chi connectivity index (χ0) is 17.4. The molecule has 25 heavy (non-hydrogen) atoms. The van der Waals surface area contributed by atoms with Gasteiger partial charge in [-0.05, 0) is 30.3 Å². The molecule has 0 bridgehead atoms. The van der Waals surface area contributed by atoms with Gasteiger partial charge >= 0.3 is 5.97 Å². The van der Waals surface area contributed by atoms with E-state index in [2.05, 4.69) is 4.98 Å². The van der Waals surface area contributed by atoms with Crippen LogP contribution in [-0.2, 0) is 4.74 Å². The molecule has 1 aromatic heterocycles. The number of para-hydroxylation sites is 1. The van der Waals surface area contributed by atoms with Crippen LogP contribution in [0.5, 0.6) is 5.75 Å². The maximum Gasteiger partial charge on any atom is 0.338 e. The van der Waals surface area contributed by atoms with Crippen LogP contribution in [0.4, 0.5) is 9.52 Å². The molecule has 1 aliphatic heterocycles. The molecule has 4 rings (SSSR count). The molecule has 1 aliphatic rings. The van der Waals surface area contributed by atoms with Gasteiger partial charge in [0.1, 0.15) is 23.2 Å². The molecule has 0 radical (unpaired) electrons. The van der Waals surface area contributed by atoms with E-state index < -0.39 is 11.8 Å². The molecule has 1 saturated heterocycles. The van der Waals surface area contributed by atoms with Gasteiger partial charge in [-0.15, -0.1) is 0 Å². The summed E-state index contributed by atoms with van der Waals surface area (Å²) in [6.07, 6.45) is -0.218. The van der Waals surface area contributed by atoms with Crippen LogP contribution in [0.2, 0.25) is 0 Å². The van der Waals surface area contributed by atoms with E-state index >= 15 is 0 Å². The Balaban J connectivity index is 1.41. The second-order valence-corrected chi connectivity index (χ2v) is 6.76. The second-order valence-electron chi connectivity index (χ2n) is 5.75. The first-order chi connectivity index (χ1) is 12.1. The van der Waals surface area contributed by atoms with Gasteiger partial charge in [0.05, 0.1) is 30.5 Å². The number of thiazole rings is 1. The summed E-state index contributed by atoms with van der Waals surface area (Å²) in [6, 6.07) is 11.3. The summed E-state index contributed by atoms with van der Waals surface area (Å²) in [5.41, 5.74) is 1.06. The molecule has 1 fully saturated rings. The van der Waals surface area contributed by atoms with Crippen LogP contribution in [0, 0.1) is 5.82 Å². The molecule has 0 unspecified atom stereocenters. The minimum absolute atomic E-state index is 0.218. The Bertz CT molecular complexity index is 937. The van der Waals surface area contributed by atoms with Crippen molar-refractivity contribution in [3.63, 3.8) is 0 Å². The summed E-state index contributed by atoms with van der Waals surface area (Å²) in [4.78, 5) is 18.7. The third-order valence-electron chi connectivity index (χ3n) is 4.04. The summed E-state index contributed by atoms with van der Waals surface area (Å²) in [7, 11) is 1.62. The molecule has 0 spiro atoms. The summed E-state index contributed by atoms with van der Waals surface area (Å²) >= 11 is 1.57. The highest BCUT2D eigenvalue weighted by molar-refractivity contribution is 7.22. The molecule has 0 N–H and O–H groups in total. The van der Waals surface area contributed by atoms with Gasteiger partial charge in [0.2, 0.25) is 0 Å². The van der Waals surface area contributed by atoms with Crippen LogP contribution in [0.1, 0.15) is 10.4 Å². The molecule has 3 aromatic rings. The van der Waals surface area contributed by atoms with Crippen molar-refractivity contribution in [3.8, 4) is 5.75 Å². The highest BCUT2D eigenvalue weighted by Gasteiger charge is 2.32. The molecule has 0 saturated carbocycles. The van der Waals surface area contributed by atoms with Crippen molar-refractivity contribution >= 4 is 32.7 Å². The van der Waals surface area contributed by atoms with Crippen molar-refractivity contribution in [1.29, 1.82) is 0 Å². The van der Waals surface area contributed by atoms with Crippen molar-refractivity contribution in [1.82, 2.24) is 4.98 Å². The fourth-order valence-electron chi connectivity index (χ4n) is 2.72. The summed E-state index contributed by atoms with van der Waals surface area (Å²) in [6.45, 7) is 1.15. The third-order valence-corrected chi connectivity index (χ3v) is 5.12. The van der Waals surface area contributed by atoms with Crippen LogP contribution in [0.3, 0.4) is 0 Å². The quantitative estimate of drug-likeness (QED) is 0.668.